The molecule has 1 heterocycles. The molecular formula is C22H22N4O8. The molecule has 2 N–H and O–H groups in total. The summed E-state index contributed by atoms with van der Waals surface area (Å²) in [6, 6.07) is 10.6. The number of nitrogens with zero attached hydrogens (tertiary/aromatic N) is 2. The van der Waals surface area contributed by atoms with Crippen molar-refractivity contribution < 1.29 is 33.6 Å². The second-order valence-electron chi connectivity index (χ2n) is 7.46. The molecule has 34 heavy (non-hydrogen) atoms. The Hall–Kier alpha value is -4.48. The Morgan fingerprint density at radius 2 is 1.94 bits per heavy atom. The molecular weight excluding hydrogens is 448 g/mol. The van der Waals surface area contributed by atoms with E-state index in [-0.39, 0.29) is 30.1 Å². The third-order valence-corrected chi connectivity index (χ3v) is 5.10. The van der Waals surface area contributed by atoms with E-state index < -0.39 is 41.1 Å². The van der Waals surface area contributed by atoms with Crippen molar-refractivity contribution in [1.29, 1.82) is 0 Å². The lowest BCUT2D eigenvalue weighted by Gasteiger charge is -2.18. The number of nitro groups is 1. The Kier molecular flexibility index (Phi) is 7.41. The van der Waals surface area contributed by atoms with Crippen LogP contribution in [-0.2, 0) is 19.1 Å². The lowest BCUT2D eigenvalue weighted by molar-refractivity contribution is -0.383. The first kappa shape index (κ1) is 24.2. The van der Waals surface area contributed by atoms with Gasteiger partial charge in [0.2, 0.25) is 5.91 Å². The van der Waals surface area contributed by atoms with Crippen molar-refractivity contribution >= 4 is 35.1 Å². The zero-order chi connectivity index (χ0) is 24.8. The minimum atomic E-state index is -0.886. The van der Waals surface area contributed by atoms with E-state index in [0.29, 0.717) is 5.56 Å². The molecule has 1 aliphatic rings. The van der Waals surface area contributed by atoms with Crippen LogP contribution in [-0.4, -0.2) is 53.9 Å². The number of hydrogen-bond donors (Lipinski definition) is 2. The lowest BCUT2D eigenvalue weighted by atomic mass is 10.1. The van der Waals surface area contributed by atoms with Gasteiger partial charge in [0, 0.05) is 24.1 Å². The predicted molar refractivity (Wildman–Crippen MR) is 118 cm³/mol. The lowest BCUT2D eigenvalue weighted by Crippen LogP contribution is -2.43. The van der Waals surface area contributed by atoms with Crippen molar-refractivity contribution in [3.63, 3.8) is 0 Å². The standard InChI is InChI=1S/C22H22N4O8/c1-13-5-3-4-6-16(13)21(29)24-25-11-14(9-20(25)28)22(30)34-12-19(27)23-17-10-15(33-2)7-8-18(17)26(31)32/h3-8,10,14H,9,11-12H2,1-2H3,(H,23,27)(H,24,29)/t14-/m1/s1. The Balaban J connectivity index is 1.54. The summed E-state index contributed by atoms with van der Waals surface area (Å²) in [6.45, 7) is 0.928. The number of benzene rings is 2. The normalized spacial score (nSPS) is 14.9. The van der Waals surface area contributed by atoms with Gasteiger partial charge in [0.05, 0.1) is 24.5 Å². The molecule has 3 rings (SSSR count). The number of carbonyl (C=O) groups excluding carboxylic acids is 4. The number of methoxy groups -OCH3 is 1. The second kappa shape index (κ2) is 10.4. The minimum Gasteiger partial charge on any atom is -0.497 e. The molecule has 3 amide bonds. The number of esters is 1. The number of ether oxygens (including phenoxy) is 2. The fourth-order valence-electron chi connectivity index (χ4n) is 3.33. The van der Waals surface area contributed by atoms with Crippen molar-refractivity contribution in [2.24, 2.45) is 5.92 Å². The molecule has 0 bridgehead atoms. The largest absolute Gasteiger partial charge is 0.497 e. The third kappa shape index (κ3) is 5.65. The number of anilines is 1. The molecule has 178 valence electrons. The van der Waals surface area contributed by atoms with Crippen LogP contribution in [0.2, 0.25) is 0 Å². The third-order valence-electron chi connectivity index (χ3n) is 5.10. The van der Waals surface area contributed by atoms with Crippen LogP contribution in [0.15, 0.2) is 42.5 Å². The van der Waals surface area contributed by atoms with Gasteiger partial charge in [0.1, 0.15) is 11.4 Å². The Morgan fingerprint density at radius 3 is 2.62 bits per heavy atom. The van der Waals surface area contributed by atoms with Gasteiger partial charge >= 0.3 is 5.97 Å². The van der Waals surface area contributed by atoms with Crippen molar-refractivity contribution in [2.45, 2.75) is 13.3 Å². The maximum absolute atomic E-state index is 12.4. The average Bonchev–Trinajstić information content (AvgIpc) is 3.17. The average molecular weight is 470 g/mol. The number of rotatable bonds is 8. The highest BCUT2D eigenvalue weighted by atomic mass is 16.6. The minimum absolute atomic E-state index is 0.113. The molecule has 1 fully saturated rings. The van der Waals surface area contributed by atoms with Crippen molar-refractivity contribution in [3.8, 4) is 5.75 Å². The van der Waals surface area contributed by atoms with Gasteiger partial charge in [-0.3, -0.25) is 39.7 Å². The van der Waals surface area contributed by atoms with Gasteiger partial charge in [-0.1, -0.05) is 18.2 Å². The number of hydrazine groups is 1. The van der Waals surface area contributed by atoms with E-state index in [4.69, 9.17) is 9.47 Å². The zero-order valence-electron chi connectivity index (χ0n) is 18.4. The van der Waals surface area contributed by atoms with E-state index in [1.54, 1.807) is 31.2 Å². The van der Waals surface area contributed by atoms with Gasteiger partial charge < -0.3 is 14.8 Å². The number of hydrogen-bond acceptors (Lipinski definition) is 8. The monoisotopic (exact) mass is 470 g/mol. The predicted octanol–water partition coefficient (Wildman–Crippen LogP) is 1.59. The van der Waals surface area contributed by atoms with E-state index in [1.165, 1.54) is 25.3 Å². The fourth-order valence-corrected chi connectivity index (χ4v) is 3.33. The molecule has 0 saturated carbocycles. The number of carbonyl (C=O) groups is 4. The summed E-state index contributed by atoms with van der Waals surface area (Å²) in [7, 11) is 1.37. The van der Waals surface area contributed by atoms with Gasteiger partial charge in [0.25, 0.3) is 17.5 Å². The fraction of sp³-hybridized carbons (Fsp3) is 0.273. The van der Waals surface area contributed by atoms with E-state index in [1.807, 2.05) is 0 Å². The number of nitro benzene ring substituents is 1. The molecule has 0 unspecified atom stereocenters. The maximum atomic E-state index is 12.4. The molecule has 0 spiro atoms. The topological polar surface area (TPSA) is 157 Å². The number of aryl methyl sites for hydroxylation is 1. The van der Waals surface area contributed by atoms with Gasteiger partial charge in [-0.05, 0) is 24.6 Å². The summed E-state index contributed by atoms with van der Waals surface area (Å²) in [5.41, 5.74) is 3.12. The SMILES string of the molecule is COc1ccc([N+](=O)[O-])c(NC(=O)COC(=O)[C@@H]2CC(=O)N(NC(=O)c3ccccc3C)C2)c1. The molecule has 1 atom stereocenters. The summed E-state index contributed by atoms with van der Waals surface area (Å²) >= 11 is 0. The smallest absolute Gasteiger partial charge is 0.311 e. The Bertz CT molecular complexity index is 1150. The summed E-state index contributed by atoms with van der Waals surface area (Å²) in [5.74, 6) is -3.17. The first-order chi connectivity index (χ1) is 16.2. The highest BCUT2D eigenvalue weighted by molar-refractivity contribution is 5.98. The van der Waals surface area contributed by atoms with Gasteiger partial charge in [-0.2, -0.15) is 0 Å². The van der Waals surface area contributed by atoms with E-state index in [9.17, 15) is 29.3 Å². The van der Waals surface area contributed by atoms with E-state index >= 15 is 0 Å². The molecule has 0 radical (unpaired) electrons. The van der Waals surface area contributed by atoms with Gasteiger partial charge in [-0.15, -0.1) is 0 Å². The molecule has 0 aliphatic carbocycles. The summed E-state index contributed by atoms with van der Waals surface area (Å²) in [4.78, 5) is 59.7. The van der Waals surface area contributed by atoms with Crippen LogP contribution in [0.25, 0.3) is 0 Å². The molecule has 0 aromatic heterocycles. The molecule has 12 heteroatoms. The zero-order valence-corrected chi connectivity index (χ0v) is 18.4. The van der Waals surface area contributed by atoms with Crippen molar-refractivity contribution in [3.05, 3.63) is 63.7 Å². The second-order valence-corrected chi connectivity index (χ2v) is 7.46. The highest BCUT2D eigenvalue weighted by Gasteiger charge is 2.37. The van der Waals surface area contributed by atoms with Crippen LogP contribution >= 0.6 is 0 Å². The van der Waals surface area contributed by atoms with Crippen LogP contribution in [0, 0.1) is 23.0 Å². The van der Waals surface area contributed by atoms with E-state index in [2.05, 4.69) is 10.7 Å². The van der Waals surface area contributed by atoms with Crippen LogP contribution in [0.3, 0.4) is 0 Å². The van der Waals surface area contributed by atoms with Crippen LogP contribution in [0.5, 0.6) is 5.75 Å². The van der Waals surface area contributed by atoms with Gasteiger partial charge in [-0.25, -0.2) is 0 Å². The van der Waals surface area contributed by atoms with Crippen molar-refractivity contribution in [1.82, 2.24) is 10.4 Å². The highest BCUT2D eigenvalue weighted by Crippen LogP contribution is 2.28. The van der Waals surface area contributed by atoms with Gasteiger partial charge in [0.15, 0.2) is 6.61 Å². The van der Waals surface area contributed by atoms with E-state index in [0.717, 1.165) is 10.6 Å². The summed E-state index contributed by atoms with van der Waals surface area (Å²) in [5, 5.41) is 14.5. The maximum Gasteiger partial charge on any atom is 0.311 e. The first-order valence-electron chi connectivity index (χ1n) is 10.2. The molecule has 1 saturated heterocycles. The number of amides is 3. The molecule has 2 aromatic carbocycles. The molecule has 2 aromatic rings. The quantitative estimate of drug-likeness (QED) is 0.334. The summed E-state index contributed by atoms with van der Waals surface area (Å²) < 4.78 is 9.97. The first-order valence-corrected chi connectivity index (χ1v) is 10.2. The molecule has 1 aliphatic heterocycles. The van der Waals surface area contributed by atoms with Crippen molar-refractivity contribution in [2.75, 3.05) is 25.6 Å². The Labute approximate surface area is 193 Å². The van der Waals surface area contributed by atoms with Crippen LogP contribution in [0.1, 0.15) is 22.3 Å². The van der Waals surface area contributed by atoms with Crippen LogP contribution < -0.4 is 15.5 Å². The molecule has 12 nitrogen and oxygen atoms in total. The summed E-state index contributed by atoms with van der Waals surface area (Å²) in [6.07, 6.45) is -0.199. The van der Waals surface area contributed by atoms with Crippen LogP contribution in [0.4, 0.5) is 11.4 Å². The Morgan fingerprint density at radius 1 is 1.21 bits per heavy atom. The number of nitrogens with one attached hydrogen (secondary N) is 2.